The highest BCUT2D eigenvalue weighted by Gasteiger charge is 2.32. The first-order valence-corrected chi connectivity index (χ1v) is 7.58. The Hall–Kier alpha value is -2.53. The molecule has 0 spiro atoms. The molecular weight excluding hydrogens is 322 g/mol. The zero-order valence-electron chi connectivity index (χ0n) is 13.8. The van der Waals surface area contributed by atoms with Gasteiger partial charge in [-0.15, -0.1) is 12.4 Å². The molecular formula is C18H22ClN5. The van der Waals surface area contributed by atoms with Crippen LogP contribution in [0.25, 0.3) is 0 Å². The maximum atomic E-state index is 6.09. The molecule has 0 aliphatic carbocycles. The van der Waals surface area contributed by atoms with E-state index in [1.165, 1.54) is 11.1 Å². The topological polar surface area (TPSA) is 80.0 Å². The highest BCUT2D eigenvalue weighted by Crippen LogP contribution is 2.28. The summed E-state index contributed by atoms with van der Waals surface area (Å²) in [6.45, 7) is 3.93. The summed E-state index contributed by atoms with van der Waals surface area (Å²) in [5.41, 5.74) is 14.7. The Bertz CT molecular complexity index is 768. The Kier molecular flexibility index (Phi) is 5.14. The molecule has 0 unspecified atom stereocenters. The van der Waals surface area contributed by atoms with Crippen LogP contribution in [0.3, 0.4) is 0 Å². The Morgan fingerprint density at radius 1 is 0.958 bits per heavy atom. The van der Waals surface area contributed by atoms with Crippen molar-refractivity contribution in [3.8, 4) is 0 Å². The van der Waals surface area contributed by atoms with Crippen molar-refractivity contribution in [3.05, 3.63) is 65.7 Å². The van der Waals surface area contributed by atoms with Crippen LogP contribution in [-0.2, 0) is 6.42 Å². The lowest BCUT2D eigenvalue weighted by Crippen LogP contribution is -2.54. The molecule has 2 aromatic carbocycles. The van der Waals surface area contributed by atoms with E-state index in [1.807, 2.05) is 36.9 Å². The molecule has 0 amide bonds. The molecule has 0 saturated heterocycles. The SMILES string of the molecule is CC1(C)N=C(N)N=C(N)N1c1cccc(Cc2ccccc2)c1.Cl. The van der Waals surface area contributed by atoms with Crippen LogP contribution >= 0.6 is 12.4 Å². The molecule has 1 aliphatic heterocycles. The molecule has 2 aromatic rings. The van der Waals surface area contributed by atoms with Gasteiger partial charge in [0.15, 0.2) is 0 Å². The summed E-state index contributed by atoms with van der Waals surface area (Å²) in [5, 5.41) is 0. The number of nitrogens with zero attached hydrogens (tertiary/aromatic N) is 3. The number of aliphatic imine (C=N–C) groups is 2. The van der Waals surface area contributed by atoms with E-state index in [9.17, 15) is 0 Å². The maximum absolute atomic E-state index is 6.09. The number of rotatable bonds is 3. The van der Waals surface area contributed by atoms with Gasteiger partial charge in [-0.2, -0.15) is 4.99 Å². The highest BCUT2D eigenvalue weighted by atomic mass is 35.5. The Morgan fingerprint density at radius 3 is 2.29 bits per heavy atom. The lowest BCUT2D eigenvalue weighted by Gasteiger charge is -2.38. The molecule has 126 valence electrons. The summed E-state index contributed by atoms with van der Waals surface area (Å²) in [4.78, 5) is 10.4. The van der Waals surface area contributed by atoms with E-state index in [2.05, 4.69) is 46.4 Å². The molecule has 3 rings (SSSR count). The van der Waals surface area contributed by atoms with E-state index in [0.717, 1.165) is 12.1 Å². The smallest absolute Gasteiger partial charge is 0.220 e. The van der Waals surface area contributed by atoms with Crippen LogP contribution < -0.4 is 16.4 Å². The average molecular weight is 344 g/mol. The highest BCUT2D eigenvalue weighted by molar-refractivity contribution is 6.05. The first-order chi connectivity index (χ1) is 11.0. The molecule has 24 heavy (non-hydrogen) atoms. The van der Waals surface area contributed by atoms with Crippen molar-refractivity contribution >= 4 is 30.0 Å². The lowest BCUT2D eigenvalue weighted by atomic mass is 10.0. The van der Waals surface area contributed by atoms with Gasteiger partial charge in [0, 0.05) is 5.69 Å². The fraction of sp³-hybridized carbons (Fsp3) is 0.222. The molecule has 0 atom stereocenters. The Balaban J connectivity index is 0.00000208. The van der Waals surface area contributed by atoms with Crippen LogP contribution in [0, 0.1) is 0 Å². The quantitative estimate of drug-likeness (QED) is 0.899. The molecule has 1 heterocycles. The summed E-state index contributed by atoms with van der Waals surface area (Å²) < 4.78 is 0. The fourth-order valence-electron chi connectivity index (χ4n) is 2.89. The monoisotopic (exact) mass is 343 g/mol. The number of nitrogens with two attached hydrogens (primary N) is 2. The predicted molar refractivity (Wildman–Crippen MR) is 103 cm³/mol. The molecule has 0 radical (unpaired) electrons. The molecule has 5 nitrogen and oxygen atoms in total. The van der Waals surface area contributed by atoms with Gasteiger partial charge in [0.2, 0.25) is 11.9 Å². The fourth-order valence-corrected chi connectivity index (χ4v) is 2.89. The molecule has 0 saturated carbocycles. The van der Waals surface area contributed by atoms with Crippen LogP contribution in [0.15, 0.2) is 64.6 Å². The first kappa shape index (κ1) is 17.8. The second-order valence-corrected chi connectivity index (χ2v) is 6.10. The van der Waals surface area contributed by atoms with Gasteiger partial charge in [0.25, 0.3) is 0 Å². The summed E-state index contributed by atoms with van der Waals surface area (Å²) in [7, 11) is 0. The van der Waals surface area contributed by atoms with Gasteiger partial charge in [0.05, 0.1) is 0 Å². The van der Waals surface area contributed by atoms with Crippen molar-refractivity contribution in [2.24, 2.45) is 21.5 Å². The Labute approximate surface area is 148 Å². The van der Waals surface area contributed by atoms with Gasteiger partial charge in [-0.3, -0.25) is 4.90 Å². The summed E-state index contributed by atoms with van der Waals surface area (Å²) >= 11 is 0. The van der Waals surface area contributed by atoms with Gasteiger partial charge >= 0.3 is 0 Å². The number of anilines is 1. The van der Waals surface area contributed by atoms with Crippen LogP contribution in [0.2, 0.25) is 0 Å². The van der Waals surface area contributed by atoms with E-state index in [-0.39, 0.29) is 18.4 Å². The van der Waals surface area contributed by atoms with Gasteiger partial charge in [-0.25, -0.2) is 4.99 Å². The first-order valence-electron chi connectivity index (χ1n) is 7.58. The average Bonchev–Trinajstić information content (AvgIpc) is 2.46. The summed E-state index contributed by atoms with van der Waals surface area (Å²) in [5.74, 6) is 0.573. The minimum Gasteiger partial charge on any atom is -0.369 e. The number of hydrogen-bond donors (Lipinski definition) is 2. The minimum atomic E-state index is -0.568. The normalized spacial score (nSPS) is 16.0. The molecule has 0 bridgehead atoms. The minimum absolute atomic E-state index is 0. The van der Waals surface area contributed by atoms with Crippen LogP contribution in [0.5, 0.6) is 0 Å². The maximum Gasteiger partial charge on any atom is 0.220 e. The third kappa shape index (κ3) is 3.68. The van der Waals surface area contributed by atoms with E-state index in [0.29, 0.717) is 5.96 Å². The van der Waals surface area contributed by atoms with Gasteiger partial charge < -0.3 is 11.5 Å². The molecule has 0 fully saturated rings. The van der Waals surface area contributed by atoms with Gasteiger partial charge in [-0.1, -0.05) is 42.5 Å². The molecule has 6 heteroatoms. The number of hydrogen-bond acceptors (Lipinski definition) is 5. The Morgan fingerprint density at radius 2 is 1.62 bits per heavy atom. The second-order valence-electron chi connectivity index (χ2n) is 6.10. The van der Waals surface area contributed by atoms with Crippen molar-refractivity contribution in [1.29, 1.82) is 0 Å². The standard InChI is InChI=1S/C18H21N5.ClH/c1-18(2)22-16(19)21-17(20)23(18)15-10-6-9-14(12-15)11-13-7-4-3-5-8-13;/h3-10,12H,11H2,1-2H3,(H4,19,20,21,22);1H. The van der Waals surface area contributed by atoms with Crippen molar-refractivity contribution in [2.45, 2.75) is 25.9 Å². The zero-order valence-corrected chi connectivity index (χ0v) is 14.6. The van der Waals surface area contributed by atoms with Crippen molar-refractivity contribution in [2.75, 3.05) is 4.90 Å². The van der Waals surface area contributed by atoms with Crippen LogP contribution in [-0.4, -0.2) is 17.6 Å². The van der Waals surface area contributed by atoms with E-state index in [4.69, 9.17) is 11.5 Å². The van der Waals surface area contributed by atoms with Crippen molar-refractivity contribution in [1.82, 2.24) is 0 Å². The van der Waals surface area contributed by atoms with Crippen molar-refractivity contribution < 1.29 is 0 Å². The summed E-state index contributed by atoms with van der Waals surface area (Å²) in [6, 6.07) is 18.6. The zero-order chi connectivity index (χ0) is 16.4. The molecule has 0 aromatic heterocycles. The predicted octanol–water partition coefficient (Wildman–Crippen LogP) is 2.88. The summed E-state index contributed by atoms with van der Waals surface area (Å²) in [6.07, 6.45) is 0.866. The molecule has 1 aliphatic rings. The molecule has 4 N–H and O–H groups in total. The van der Waals surface area contributed by atoms with Gasteiger partial charge in [0.1, 0.15) is 5.66 Å². The van der Waals surface area contributed by atoms with Crippen LogP contribution in [0.4, 0.5) is 5.69 Å². The van der Waals surface area contributed by atoms with E-state index >= 15 is 0 Å². The largest absolute Gasteiger partial charge is 0.369 e. The van der Waals surface area contributed by atoms with E-state index < -0.39 is 5.66 Å². The van der Waals surface area contributed by atoms with Crippen molar-refractivity contribution in [3.63, 3.8) is 0 Å². The van der Waals surface area contributed by atoms with Crippen LogP contribution in [0.1, 0.15) is 25.0 Å². The number of halogens is 1. The third-order valence-electron chi connectivity index (χ3n) is 3.81. The lowest BCUT2D eigenvalue weighted by molar-refractivity contribution is 0.534. The second kappa shape index (κ2) is 6.93. The van der Waals surface area contributed by atoms with Gasteiger partial charge in [-0.05, 0) is 43.5 Å². The third-order valence-corrected chi connectivity index (χ3v) is 3.81. The number of guanidine groups is 2. The van der Waals surface area contributed by atoms with E-state index in [1.54, 1.807) is 0 Å². The number of benzene rings is 2.